The highest BCUT2D eigenvalue weighted by atomic mass is 32.1. The lowest BCUT2D eigenvalue weighted by Gasteiger charge is -2.36. The highest BCUT2D eigenvalue weighted by Crippen LogP contribution is 2.43. The maximum absolute atomic E-state index is 12.9. The maximum atomic E-state index is 12.9. The summed E-state index contributed by atoms with van der Waals surface area (Å²) in [6.07, 6.45) is 8.55. The molecule has 2 aliphatic heterocycles. The monoisotopic (exact) mass is 399 g/mol. The zero-order valence-electron chi connectivity index (χ0n) is 17.2. The number of urea groups is 1. The van der Waals surface area contributed by atoms with E-state index in [-0.39, 0.29) is 23.5 Å². The van der Waals surface area contributed by atoms with Crippen molar-refractivity contribution < 1.29 is 4.79 Å². The lowest BCUT2D eigenvalue weighted by molar-refractivity contribution is 0.165. The van der Waals surface area contributed by atoms with Crippen LogP contribution in [0.1, 0.15) is 73.5 Å². The third-order valence-corrected chi connectivity index (χ3v) is 6.86. The van der Waals surface area contributed by atoms with Crippen molar-refractivity contribution in [3.63, 3.8) is 0 Å². The summed E-state index contributed by atoms with van der Waals surface area (Å²) in [4.78, 5) is 30.1. The topological polar surface area (TPSA) is 71.0 Å². The number of hydrogen-bond acceptors (Lipinski definition) is 5. The SMILES string of the molecule is CCc1cnc(CCNC(=O)N2C3CCC2c2cnc(C(C)(C)C)nc2C3)s1. The summed E-state index contributed by atoms with van der Waals surface area (Å²) in [6.45, 7) is 9.17. The average molecular weight is 400 g/mol. The Kier molecular flexibility index (Phi) is 5.12. The van der Waals surface area contributed by atoms with E-state index in [1.54, 1.807) is 11.3 Å². The fourth-order valence-electron chi connectivity index (χ4n) is 4.14. The van der Waals surface area contributed by atoms with Crippen LogP contribution in [0, 0.1) is 0 Å². The molecule has 2 aliphatic rings. The molecule has 4 rings (SSSR count). The van der Waals surface area contributed by atoms with Gasteiger partial charge in [0.2, 0.25) is 0 Å². The molecule has 0 saturated carbocycles. The standard InChI is InChI=1S/C21H29N5OS/c1-5-14-11-23-18(28-14)8-9-22-20(27)26-13-6-7-17(26)15-12-24-19(21(2,3)4)25-16(15)10-13/h11-13,17H,5-10H2,1-4H3,(H,22,27). The summed E-state index contributed by atoms with van der Waals surface area (Å²) >= 11 is 1.73. The highest BCUT2D eigenvalue weighted by molar-refractivity contribution is 7.11. The first-order valence-electron chi connectivity index (χ1n) is 10.2. The van der Waals surface area contributed by atoms with E-state index in [0.717, 1.165) is 54.2 Å². The summed E-state index contributed by atoms with van der Waals surface area (Å²) < 4.78 is 0. The lowest BCUT2D eigenvalue weighted by atomic mass is 9.93. The molecule has 150 valence electrons. The minimum Gasteiger partial charge on any atom is -0.338 e. The van der Waals surface area contributed by atoms with Crippen LogP contribution in [-0.2, 0) is 24.7 Å². The number of nitrogens with zero attached hydrogens (tertiary/aromatic N) is 4. The van der Waals surface area contributed by atoms with Gasteiger partial charge in [-0.15, -0.1) is 11.3 Å². The lowest BCUT2D eigenvalue weighted by Crippen LogP contribution is -2.48. The minimum atomic E-state index is -0.0595. The van der Waals surface area contributed by atoms with Crippen LogP contribution in [0.3, 0.4) is 0 Å². The van der Waals surface area contributed by atoms with Gasteiger partial charge in [-0.25, -0.2) is 19.7 Å². The van der Waals surface area contributed by atoms with E-state index in [0.29, 0.717) is 6.54 Å². The van der Waals surface area contributed by atoms with Gasteiger partial charge < -0.3 is 10.2 Å². The Morgan fingerprint density at radius 1 is 1.29 bits per heavy atom. The van der Waals surface area contributed by atoms with E-state index >= 15 is 0 Å². The number of hydrogen-bond donors (Lipinski definition) is 1. The van der Waals surface area contributed by atoms with Crippen LogP contribution < -0.4 is 5.32 Å². The van der Waals surface area contributed by atoms with Gasteiger partial charge in [0.1, 0.15) is 5.82 Å². The molecule has 28 heavy (non-hydrogen) atoms. The van der Waals surface area contributed by atoms with Crippen molar-refractivity contribution in [1.82, 2.24) is 25.2 Å². The molecule has 6 nitrogen and oxygen atoms in total. The van der Waals surface area contributed by atoms with E-state index in [2.05, 4.69) is 43.0 Å². The van der Waals surface area contributed by atoms with Gasteiger partial charge in [-0.1, -0.05) is 27.7 Å². The van der Waals surface area contributed by atoms with Gasteiger partial charge in [-0.05, 0) is 19.3 Å². The Bertz CT molecular complexity index is 872. The molecule has 0 aliphatic carbocycles. The first-order valence-corrected chi connectivity index (χ1v) is 11.0. The molecular formula is C21H29N5OS. The number of rotatable bonds is 4. The third kappa shape index (κ3) is 3.64. The Hall–Kier alpha value is -2.02. The molecule has 2 atom stereocenters. The Morgan fingerprint density at radius 3 is 2.82 bits per heavy atom. The van der Waals surface area contributed by atoms with Crippen molar-refractivity contribution in [1.29, 1.82) is 0 Å². The van der Waals surface area contributed by atoms with Crippen LogP contribution in [0.2, 0.25) is 0 Å². The fraction of sp³-hybridized carbons (Fsp3) is 0.619. The molecule has 4 heterocycles. The first-order chi connectivity index (χ1) is 13.4. The summed E-state index contributed by atoms with van der Waals surface area (Å²) in [5.74, 6) is 0.887. The van der Waals surface area contributed by atoms with Gasteiger partial charge in [-0.2, -0.15) is 0 Å². The van der Waals surface area contributed by atoms with Gasteiger partial charge in [0.05, 0.1) is 16.7 Å². The summed E-state index contributed by atoms with van der Waals surface area (Å²) in [5.41, 5.74) is 2.20. The van der Waals surface area contributed by atoms with Gasteiger partial charge in [0.25, 0.3) is 0 Å². The number of carbonyl (C=O) groups excluding carboxylic acids is 1. The number of amides is 2. The molecule has 7 heteroatoms. The van der Waals surface area contributed by atoms with Gasteiger partial charge in [-0.3, -0.25) is 0 Å². The molecule has 2 bridgehead atoms. The van der Waals surface area contributed by atoms with Crippen LogP contribution in [-0.4, -0.2) is 38.5 Å². The first kappa shape index (κ1) is 19.3. The van der Waals surface area contributed by atoms with Crippen LogP contribution in [0.25, 0.3) is 0 Å². The molecule has 2 aromatic rings. The van der Waals surface area contributed by atoms with Gasteiger partial charge >= 0.3 is 6.03 Å². The van der Waals surface area contributed by atoms with Gasteiger partial charge in [0, 0.05) is 53.7 Å². The molecule has 0 aromatic carbocycles. The van der Waals surface area contributed by atoms with E-state index in [4.69, 9.17) is 4.98 Å². The van der Waals surface area contributed by atoms with E-state index in [9.17, 15) is 4.79 Å². The smallest absolute Gasteiger partial charge is 0.318 e. The van der Waals surface area contributed by atoms with Crippen molar-refractivity contribution in [2.75, 3.05) is 6.54 Å². The highest BCUT2D eigenvalue weighted by Gasteiger charge is 2.43. The summed E-state index contributed by atoms with van der Waals surface area (Å²) in [7, 11) is 0. The number of carbonyl (C=O) groups is 1. The van der Waals surface area contributed by atoms with Crippen molar-refractivity contribution in [2.24, 2.45) is 0 Å². The zero-order chi connectivity index (χ0) is 19.9. The van der Waals surface area contributed by atoms with Crippen molar-refractivity contribution in [3.8, 4) is 0 Å². The van der Waals surface area contributed by atoms with Crippen LogP contribution in [0.4, 0.5) is 4.79 Å². The largest absolute Gasteiger partial charge is 0.338 e. The number of nitrogens with one attached hydrogen (secondary N) is 1. The molecule has 2 unspecified atom stereocenters. The Labute approximate surface area is 170 Å². The Morgan fingerprint density at radius 2 is 2.11 bits per heavy atom. The normalized spacial score (nSPS) is 20.9. The van der Waals surface area contributed by atoms with Crippen LogP contribution in [0.5, 0.6) is 0 Å². The molecule has 1 saturated heterocycles. The quantitative estimate of drug-likeness (QED) is 0.849. The van der Waals surface area contributed by atoms with Crippen LogP contribution in [0.15, 0.2) is 12.4 Å². The van der Waals surface area contributed by atoms with E-state index in [1.165, 1.54) is 4.88 Å². The van der Waals surface area contributed by atoms with Crippen molar-refractivity contribution in [3.05, 3.63) is 39.4 Å². The summed E-state index contributed by atoms with van der Waals surface area (Å²) in [5, 5.41) is 4.20. The number of aromatic nitrogens is 3. The second kappa shape index (κ2) is 7.43. The molecule has 0 spiro atoms. The minimum absolute atomic E-state index is 0.0327. The summed E-state index contributed by atoms with van der Waals surface area (Å²) in [6, 6.07) is 0.381. The molecule has 1 fully saturated rings. The number of aryl methyl sites for hydroxylation is 1. The molecule has 0 radical (unpaired) electrons. The Balaban J connectivity index is 1.43. The predicted molar refractivity (Wildman–Crippen MR) is 111 cm³/mol. The van der Waals surface area contributed by atoms with Crippen molar-refractivity contribution >= 4 is 17.4 Å². The average Bonchev–Trinajstić information content (AvgIpc) is 3.24. The third-order valence-electron chi connectivity index (χ3n) is 5.66. The van der Waals surface area contributed by atoms with Gasteiger partial charge in [0.15, 0.2) is 0 Å². The molecular weight excluding hydrogens is 370 g/mol. The second-order valence-corrected chi connectivity index (χ2v) is 9.96. The van der Waals surface area contributed by atoms with Crippen LogP contribution >= 0.6 is 11.3 Å². The molecule has 2 aromatic heterocycles. The fourth-order valence-corrected chi connectivity index (χ4v) is 5.01. The maximum Gasteiger partial charge on any atom is 0.318 e. The zero-order valence-corrected chi connectivity index (χ0v) is 18.0. The van der Waals surface area contributed by atoms with Crippen molar-refractivity contribution in [2.45, 2.75) is 77.3 Å². The number of thiazole rings is 1. The second-order valence-electron chi connectivity index (χ2n) is 8.76. The van der Waals surface area contributed by atoms with E-state index < -0.39 is 0 Å². The predicted octanol–water partition coefficient (Wildman–Crippen LogP) is 3.81. The number of fused-ring (bicyclic) bond motifs is 4. The molecule has 2 amide bonds. The van der Waals surface area contributed by atoms with E-state index in [1.807, 2.05) is 17.3 Å². The molecule has 1 N–H and O–H groups in total.